The standard InChI is InChI=1S/C15H17F3N4O/c1-19-11-2-4-12(5-3-11)22-14(21-6-8-23-9-7-21)10-13(20-22)15(16,17)18/h2-5,10,19H,6-9H2,1H3. The molecule has 2 heterocycles. The molecule has 1 aromatic heterocycles. The molecule has 0 amide bonds. The number of benzene rings is 1. The van der Waals surface area contributed by atoms with E-state index in [1.807, 2.05) is 4.90 Å². The molecule has 0 atom stereocenters. The van der Waals surface area contributed by atoms with Crippen molar-refractivity contribution in [2.75, 3.05) is 43.6 Å². The first-order valence-corrected chi connectivity index (χ1v) is 7.27. The quantitative estimate of drug-likeness (QED) is 0.942. The molecule has 1 aliphatic heterocycles. The van der Waals surface area contributed by atoms with E-state index >= 15 is 0 Å². The van der Waals surface area contributed by atoms with Crippen molar-refractivity contribution in [1.29, 1.82) is 0 Å². The molecule has 0 radical (unpaired) electrons. The van der Waals surface area contributed by atoms with Crippen LogP contribution in [0.5, 0.6) is 0 Å². The third kappa shape index (κ3) is 3.26. The lowest BCUT2D eigenvalue weighted by Crippen LogP contribution is -2.37. The van der Waals surface area contributed by atoms with Crippen molar-refractivity contribution in [2.24, 2.45) is 0 Å². The smallest absolute Gasteiger partial charge is 0.388 e. The molecule has 23 heavy (non-hydrogen) atoms. The third-order valence-corrected chi connectivity index (χ3v) is 3.72. The fraction of sp³-hybridized carbons (Fsp3) is 0.400. The van der Waals surface area contributed by atoms with Gasteiger partial charge >= 0.3 is 6.18 Å². The second kappa shape index (κ2) is 6.11. The lowest BCUT2D eigenvalue weighted by molar-refractivity contribution is -0.141. The first-order valence-electron chi connectivity index (χ1n) is 7.27. The van der Waals surface area contributed by atoms with Crippen molar-refractivity contribution in [1.82, 2.24) is 9.78 Å². The van der Waals surface area contributed by atoms with E-state index in [0.717, 1.165) is 11.8 Å². The van der Waals surface area contributed by atoms with Gasteiger partial charge in [0.25, 0.3) is 0 Å². The Morgan fingerprint density at radius 1 is 1.13 bits per heavy atom. The van der Waals surface area contributed by atoms with Crippen LogP contribution < -0.4 is 10.2 Å². The van der Waals surface area contributed by atoms with Gasteiger partial charge in [-0.3, -0.25) is 0 Å². The Labute approximate surface area is 131 Å². The Bertz CT molecular complexity index is 660. The summed E-state index contributed by atoms with van der Waals surface area (Å²) >= 11 is 0. The molecule has 1 fully saturated rings. The van der Waals surface area contributed by atoms with Gasteiger partial charge in [0.15, 0.2) is 5.69 Å². The molecule has 124 valence electrons. The van der Waals surface area contributed by atoms with Crippen molar-refractivity contribution in [3.63, 3.8) is 0 Å². The summed E-state index contributed by atoms with van der Waals surface area (Å²) in [5.74, 6) is 0.429. The summed E-state index contributed by atoms with van der Waals surface area (Å²) in [5.41, 5.74) is 0.572. The van der Waals surface area contributed by atoms with Gasteiger partial charge in [-0.2, -0.15) is 18.3 Å². The summed E-state index contributed by atoms with van der Waals surface area (Å²) in [6, 6.07) is 8.17. The number of anilines is 2. The van der Waals surface area contributed by atoms with Gasteiger partial charge in [-0.05, 0) is 24.3 Å². The second-order valence-corrected chi connectivity index (χ2v) is 5.19. The Kier molecular flexibility index (Phi) is 4.16. The molecule has 0 saturated carbocycles. The molecule has 1 aromatic carbocycles. The summed E-state index contributed by atoms with van der Waals surface area (Å²) < 4.78 is 45.8. The Morgan fingerprint density at radius 3 is 2.35 bits per heavy atom. The summed E-state index contributed by atoms with van der Waals surface area (Å²) in [5, 5.41) is 6.75. The molecule has 1 saturated heterocycles. The summed E-state index contributed by atoms with van der Waals surface area (Å²) in [6.45, 7) is 2.06. The largest absolute Gasteiger partial charge is 0.435 e. The van der Waals surface area contributed by atoms with Gasteiger partial charge < -0.3 is 15.0 Å². The third-order valence-electron chi connectivity index (χ3n) is 3.72. The van der Waals surface area contributed by atoms with Gasteiger partial charge in [0, 0.05) is 31.9 Å². The first-order chi connectivity index (χ1) is 11.0. The van der Waals surface area contributed by atoms with Gasteiger partial charge in [-0.1, -0.05) is 0 Å². The molecule has 1 aliphatic rings. The van der Waals surface area contributed by atoms with Crippen LogP contribution in [-0.2, 0) is 10.9 Å². The van der Waals surface area contributed by atoms with Crippen LogP contribution in [0.2, 0.25) is 0 Å². The number of nitrogens with zero attached hydrogens (tertiary/aromatic N) is 3. The highest BCUT2D eigenvalue weighted by molar-refractivity contribution is 5.53. The number of hydrogen-bond donors (Lipinski definition) is 1. The molecule has 5 nitrogen and oxygen atoms in total. The van der Waals surface area contributed by atoms with Crippen molar-refractivity contribution in [2.45, 2.75) is 6.18 Å². The zero-order chi connectivity index (χ0) is 16.4. The predicted octanol–water partition coefficient (Wildman–Crippen LogP) is 2.77. The molecule has 0 unspecified atom stereocenters. The Hall–Kier alpha value is -2.22. The molecule has 0 bridgehead atoms. The lowest BCUT2D eigenvalue weighted by Gasteiger charge is -2.28. The van der Waals surface area contributed by atoms with Crippen LogP contribution in [0.15, 0.2) is 30.3 Å². The minimum Gasteiger partial charge on any atom is -0.388 e. The van der Waals surface area contributed by atoms with Crippen LogP contribution in [0.3, 0.4) is 0 Å². The van der Waals surface area contributed by atoms with Crippen LogP contribution in [-0.4, -0.2) is 43.1 Å². The van der Waals surface area contributed by atoms with E-state index in [0.29, 0.717) is 37.8 Å². The maximum Gasteiger partial charge on any atom is 0.435 e. The number of aromatic nitrogens is 2. The first kappa shape index (κ1) is 15.7. The zero-order valence-electron chi connectivity index (χ0n) is 12.6. The number of alkyl halides is 3. The SMILES string of the molecule is CNc1ccc(-n2nc(C(F)(F)F)cc2N2CCOCC2)cc1. The Morgan fingerprint density at radius 2 is 1.78 bits per heavy atom. The van der Waals surface area contributed by atoms with E-state index < -0.39 is 11.9 Å². The molecular formula is C15H17F3N4O. The maximum atomic E-state index is 13.1. The highest BCUT2D eigenvalue weighted by Gasteiger charge is 2.36. The van der Waals surface area contributed by atoms with Gasteiger partial charge in [0.1, 0.15) is 5.82 Å². The predicted molar refractivity (Wildman–Crippen MR) is 81.1 cm³/mol. The number of morpholine rings is 1. The zero-order valence-corrected chi connectivity index (χ0v) is 12.6. The number of halogens is 3. The number of hydrogen-bond acceptors (Lipinski definition) is 4. The van der Waals surface area contributed by atoms with Crippen molar-refractivity contribution < 1.29 is 17.9 Å². The fourth-order valence-electron chi connectivity index (χ4n) is 2.49. The molecule has 8 heteroatoms. The van der Waals surface area contributed by atoms with E-state index in [9.17, 15) is 13.2 Å². The topological polar surface area (TPSA) is 42.3 Å². The summed E-state index contributed by atoms with van der Waals surface area (Å²) in [6.07, 6.45) is -4.47. The molecule has 3 rings (SSSR count). The normalized spacial score (nSPS) is 15.7. The maximum absolute atomic E-state index is 13.1. The van der Waals surface area contributed by atoms with Crippen LogP contribution in [0.1, 0.15) is 5.69 Å². The molecule has 1 N–H and O–H groups in total. The van der Waals surface area contributed by atoms with Gasteiger partial charge in [0.2, 0.25) is 0 Å². The van der Waals surface area contributed by atoms with E-state index in [1.165, 1.54) is 4.68 Å². The number of ether oxygens (including phenoxy) is 1. The van der Waals surface area contributed by atoms with E-state index in [1.54, 1.807) is 31.3 Å². The fourth-order valence-corrected chi connectivity index (χ4v) is 2.49. The lowest BCUT2D eigenvalue weighted by atomic mass is 10.3. The second-order valence-electron chi connectivity index (χ2n) is 5.19. The molecule has 0 spiro atoms. The van der Waals surface area contributed by atoms with Gasteiger partial charge in [-0.15, -0.1) is 0 Å². The van der Waals surface area contributed by atoms with Gasteiger partial charge in [0.05, 0.1) is 18.9 Å². The van der Waals surface area contributed by atoms with E-state index in [-0.39, 0.29) is 0 Å². The molecular weight excluding hydrogens is 309 g/mol. The van der Waals surface area contributed by atoms with Crippen LogP contribution in [0.25, 0.3) is 5.69 Å². The van der Waals surface area contributed by atoms with Gasteiger partial charge in [-0.25, -0.2) is 4.68 Å². The monoisotopic (exact) mass is 326 g/mol. The van der Waals surface area contributed by atoms with Crippen molar-refractivity contribution in [3.8, 4) is 5.69 Å². The highest BCUT2D eigenvalue weighted by Crippen LogP contribution is 2.33. The minimum absolute atomic E-state index is 0.429. The van der Waals surface area contributed by atoms with Crippen molar-refractivity contribution in [3.05, 3.63) is 36.0 Å². The molecule has 0 aliphatic carbocycles. The number of nitrogens with one attached hydrogen (secondary N) is 1. The highest BCUT2D eigenvalue weighted by atomic mass is 19.4. The minimum atomic E-state index is -4.47. The average Bonchev–Trinajstić information content (AvgIpc) is 3.01. The van der Waals surface area contributed by atoms with Crippen molar-refractivity contribution >= 4 is 11.5 Å². The summed E-state index contributed by atoms with van der Waals surface area (Å²) in [7, 11) is 1.78. The van der Waals surface area contributed by atoms with E-state index in [2.05, 4.69) is 10.4 Å². The Balaban J connectivity index is 2.03. The average molecular weight is 326 g/mol. The summed E-state index contributed by atoms with van der Waals surface area (Å²) in [4.78, 5) is 1.86. The van der Waals surface area contributed by atoms with Crippen LogP contribution in [0, 0.1) is 0 Å². The molecule has 2 aromatic rings. The van der Waals surface area contributed by atoms with Crippen LogP contribution in [0.4, 0.5) is 24.7 Å². The van der Waals surface area contributed by atoms with E-state index in [4.69, 9.17) is 4.74 Å². The van der Waals surface area contributed by atoms with Crippen LogP contribution >= 0.6 is 0 Å². The number of rotatable bonds is 3.